The van der Waals surface area contributed by atoms with Gasteiger partial charge in [-0.15, -0.1) is 0 Å². The Labute approximate surface area is 173 Å². The summed E-state index contributed by atoms with van der Waals surface area (Å²) in [6.07, 6.45) is 0. The minimum atomic E-state index is -0.259. The molecule has 4 aromatic rings. The van der Waals surface area contributed by atoms with Crippen molar-refractivity contribution in [3.8, 4) is 11.5 Å². The Morgan fingerprint density at radius 1 is 0.800 bits per heavy atom. The number of para-hydroxylation sites is 1. The van der Waals surface area contributed by atoms with Crippen LogP contribution in [0.2, 0.25) is 0 Å². The van der Waals surface area contributed by atoms with E-state index in [1.807, 2.05) is 60.7 Å². The molecular weight excluding hydrogens is 376 g/mol. The lowest BCUT2D eigenvalue weighted by Gasteiger charge is -2.17. The molecule has 0 spiro atoms. The number of hydrogen-bond acceptors (Lipinski definition) is 3. The van der Waals surface area contributed by atoms with Gasteiger partial charge in [0.05, 0.1) is 5.69 Å². The molecular formula is C25H18N2O3. The number of nitrogens with zero attached hydrogens (tertiary/aromatic N) is 1. The van der Waals surface area contributed by atoms with Crippen molar-refractivity contribution in [2.45, 2.75) is 0 Å². The number of nitrogens with one attached hydrogen (secondary N) is 1. The predicted molar refractivity (Wildman–Crippen MR) is 117 cm³/mol. The fourth-order valence-corrected chi connectivity index (χ4v) is 3.71. The average Bonchev–Trinajstić information content (AvgIpc) is 3.04. The van der Waals surface area contributed by atoms with E-state index in [0.717, 1.165) is 22.2 Å². The molecule has 0 aliphatic carbocycles. The zero-order valence-corrected chi connectivity index (χ0v) is 16.0. The molecule has 146 valence electrons. The summed E-state index contributed by atoms with van der Waals surface area (Å²) in [5, 5.41) is 4.75. The topological polar surface area (TPSA) is 58.6 Å². The normalized spacial score (nSPS) is 12.3. The van der Waals surface area contributed by atoms with Crippen LogP contribution in [0, 0.1) is 0 Å². The fourth-order valence-electron chi connectivity index (χ4n) is 3.71. The maximum atomic E-state index is 12.8. The summed E-state index contributed by atoms with van der Waals surface area (Å²) >= 11 is 0. The number of amides is 2. The summed E-state index contributed by atoms with van der Waals surface area (Å²) in [7, 11) is 0. The third-order valence-corrected chi connectivity index (χ3v) is 5.07. The van der Waals surface area contributed by atoms with Crippen LogP contribution in [0.4, 0.5) is 11.4 Å². The fraction of sp³-hybridized carbons (Fsp3) is 0.0400. The van der Waals surface area contributed by atoms with Gasteiger partial charge in [0.15, 0.2) is 0 Å². The number of benzene rings is 4. The Kier molecular flexibility index (Phi) is 4.41. The second-order valence-corrected chi connectivity index (χ2v) is 7.06. The van der Waals surface area contributed by atoms with Gasteiger partial charge in [0.2, 0.25) is 5.91 Å². The molecule has 5 rings (SSSR count). The van der Waals surface area contributed by atoms with Crippen LogP contribution in [-0.2, 0) is 4.79 Å². The standard InChI is InChI=1S/C25H18N2O3/c28-23(26-18-12-14-20(15-13-18)30-19-8-2-1-3-9-19)16-27-22-11-5-7-17-6-4-10-21(24(17)22)25(27)29/h1-15H,16H2,(H,26,28). The molecule has 1 N–H and O–H groups in total. The van der Waals surface area contributed by atoms with Gasteiger partial charge in [0, 0.05) is 16.6 Å². The summed E-state index contributed by atoms with van der Waals surface area (Å²) in [6, 6.07) is 28.0. The van der Waals surface area contributed by atoms with Gasteiger partial charge in [0.1, 0.15) is 18.0 Å². The Balaban J connectivity index is 1.28. The van der Waals surface area contributed by atoms with Gasteiger partial charge in [-0.05, 0) is 53.9 Å². The van der Waals surface area contributed by atoms with Gasteiger partial charge < -0.3 is 10.1 Å². The van der Waals surface area contributed by atoms with E-state index in [1.54, 1.807) is 30.3 Å². The highest BCUT2D eigenvalue weighted by molar-refractivity contribution is 6.26. The number of carbonyl (C=O) groups is 2. The highest BCUT2D eigenvalue weighted by Gasteiger charge is 2.30. The van der Waals surface area contributed by atoms with Crippen LogP contribution in [0.1, 0.15) is 10.4 Å². The van der Waals surface area contributed by atoms with Crippen LogP contribution in [0.25, 0.3) is 10.8 Å². The van der Waals surface area contributed by atoms with Crippen LogP contribution in [0.3, 0.4) is 0 Å². The van der Waals surface area contributed by atoms with Gasteiger partial charge in [-0.3, -0.25) is 14.5 Å². The van der Waals surface area contributed by atoms with E-state index in [4.69, 9.17) is 4.74 Å². The molecule has 2 amide bonds. The van der Waals surface area contributed by atoms with Crippen molar-refractivity contribution in [1.29, 1.82) is 0 Å². The minimum Gasteiger partial charge on any atom is -0.457 e. The van der Waals surface area contributed by atoms with Crippen molar-refractivity contribution >= 4 is 34.0 Å². The molecule has 1 aliphatic rings. The first kappa shape index (κ1) is 17.9. The first-order valence-corrected chi connectivity index (χ1v) is 9.65. The van der Waals surface area contributed by atoms with E-state index < -0.39 is 0 Å². The third-order valence-electron chi connectivity index (χ3n) is 5.07. The molecule has 0 saturated carbocycles. The van der Waals surface area contributed by atoms with Crippen molar-refractivity contribution in [3.63, 3.8) is 0 Å². The second kappa shape index (κ2) is 7.37. The molecule has 0 unspecified atom stereocenters. The highest BCUT2D eigenvalue weighted by Crippen LogP contribution is 2.37. The second-order valence-electron chi connectivity index (χ2n) is 7.06. The smallest absolute Gasteiger partial charge is 0.259 e. The van der Waals surface area contributed by atoms with Crippen LogP contribution in [0.5, 0.6) is 11.5 Å². The maximum Gasteiger partial charge on any atom is 0.259 e. The minimum absolute atomic E-state index is 0.0467. The van der Waals surface area contributed by atoms with Gasteiger partial charge in [0.25, 0.3) is 5.91 Å². The van der Waals surface area contributed by atoms with Crippen LogP contribution in [0.15, 0.2) is 91.0 Å². The molecule has 0 radical (unpaired) electrons. The largest absolute Gasteiger partial charge is 0.457 e. The lowest BCUT2D eigenvalue weighted by Crippen LogP contribution is -2.35. The van der Waals surface area contributed by atoms with Gasteiger partial charge in [-0.1, -0.05) is 42.5 Å². The average molecular weight is 394 g/mol. The molecule has 0 fully saturated rings. The summed E-state index contributed by atoms with van der Waals surface area (Å²) in [4.78, 5) is 27.0. The molecule has 5 heteroatoms. The van der Waals surface area contributed by atoms with Crippen molar-refractivity contribution in [3.05, 3.63) is 96.6 Å². The molecule has 5 nitrogen and oxygen atoms in total. The number of carbonyl (C=O) groups excluding carboxylic acids is 2. The third kappa shape index (κ3) is 3.26. The number of anilines is 2. The summed E-state index contributed by atoms with van der Waals surface area (Å²) < 4.78 is 5.76. The van der Waals surface area contributed by atoms with Gasteiger partial charge >= 0.3 is 0 Å². The SMILES string of the molecule is O=C(CN1C(=O)c2cccc3cccc1c23)Nc1ccc(Oc2ccccc2)cc1. The van der Waals surface area contributed by atoms with Gasteiger partial charge in [-0.25, -0.2) is 0 Å². The molecule has 30 heavy (non-hydrogen) atoms. The van der Waals surface area contributed by atoms with Crippen molar-refractivity contribution in [2.24, 2.45) is 0 Å². The lowest BCUT2D eigenvalue weighted by atomic mass is 10.1. The Morgan fingerprint density at radius 3 is 2.27 bits per heavy atom. The molecule has 0 atom stereocenters. The van der Waals surface area contributed by atoms with Crippen LogP contribution in [-0.4, -0.2) is 18.4 Å². The van der Waals surface area contributed by atoms with E-state index >= 15 is 0 Å². The molecule has 1 aliphatic heterocycles. The van der Waals surface area contributed by atoms with Crippen LogP contribution >= 0.6 is 0 Å². The molecule has 0 bridgehead atoms. The van der Waals surface area contributed by atoms with E-state index in [1.165, 1.54) is 4.90 Å². The van der Waals surface area contributed by atoms with Crippen LogP contribution < -0.4 is 15.0 Å². The van der Waals surface area contributed by atoms with E-state index in [2.05, 4.69) is 5.32 Å². The Hall–Kier alpha value is -4.12. The number of rotatable bonds is 5. The van der Waals surface area contributed by atoms with E-state index in [9.17, 15) is 9.59 Å². The summed E-state index contributed by atoms with van der Waals surface area (Å²) in [5.74, 6) is 1.01. The Morgan fingerprint density at radius 2 is 1.50 bits per heavy atom. The van der Waals surface area contributed by atoms with E-state index in [-0.39, 0.29) is 18.4 Å². The molecule has 0 aromatic heterocycles. The molecule has 1 heterocycles. The van der Waals surface area contributed by atoms with Gasteiger partial charge in [-0.2, -0.15) is 0 Å². The zero-order valence-electron chi connectivity index (χ0n) is 16.0. The summed E-state index contributed by atoms with van der Waals surface area (Å²) in [6.45, 7) is -0.0467. The first-order valence-electron chi connectivity index (χ1n) is 9.65. The predicted octanol–water partition coefficient (Wildman–Crippen LogP) is 5.23. The quantitative estimate of drug-likeness (QED) is 0.504. The summed E-state index contributed by atoms with van der Waals surface area (Å²) in [5.41, 5.74) is 2.05. The zero-order chi connectivity index (χ0) is 20.5. The maximum absolute atomic E-state index is 12.8. The lowest BCUT2D eigenvalue weighted by molar-refractivity contribution is -0.114. The number of ether oxygens (including phenoxy) is 1. The molecule has 0 saturated heterocycles. The van der Waals surface area contributed by atoms with Crippen molar-refractivity contribution < 1.29 is 14.3 Å². The number of hydrogen-bond donors (Lipinski definition) is 1. The van der Waals surface area contributed by atoms with Crippen molar-refractivity contribution in [2.75, 3.05) is 16.8 Å². The monoisotopic (exact) mass is 394 g/mol. The Bertz CT molecular complexity index is 1250. The van der Waals surface area contributed by atoms with Crippen molar-refractivity contribution in [1.82, 2.24) is 0 Å². The first-order chi connectivity index (χ1) is 14.7. The highest BCUT2D eigenvalue weighted by atomic mass is 16.5. The van der Waals surface area contributed by atoms with E-state index in [0.29, 0.717) is 17.0 Å². The molecule has 4 aromatic carbocycles.